The van der Waals surface area contributed by atoms with Gasteiger partial charge in [0.15, 0.2) is 0 Å². The summed E-state index contributed by atoms with van der Waals surface area (Å²) >= 11 is 0. The Bertz CT molecular complexity index is 685. The molecule has 1 heterocycles. The lowest BCUT2D eigenvalue weighted by Gasteiger charge is -2.25. The molecule has 1 unspecified atom stereocenters. The molecule has 0 saturated heterocycles. The Balaban J connectivity index is 1.57. The first-order chi connectivity index (χ1) is 11.3. The van der Waals surface area contributed by atoms with Crippen LogP contribution in [0.1, 0.15) is 22.3 Å². The first-order valence-electron chi connectivity index (χ1n) is 7.91. The quantitative estimate of drug-likeness (QED) is 0.890. The van der Waals surface area contributed by atoms with Crippen molar-refractivity contribution in [1.29, 1.82) is 0 Å². The molecular weight excluding hydrogens is 288 g/mol. The van der Waals surface area contributed by atoms with E-state index < -0.39 is 0 Å². The second kappa shape index (κ2) is 7.40. The van der Waals surface area contributed by atoms with Gasteiger partial charge in [-0.05, 0) is 28.7 Å². The van der Waals surface area contributed by atoms with Crippen molar-refractivity contribution in [3.8, 4) is 0 Å². The minimum Gasteiger partial charge on any atom is -0.380 e. The van der Waals surface area contributed by atoms with Crippen molar-refractivity contribution in [3.63, 3.8) is 0 Å². The van der Waals surface area contributed by atoms with Gasteiger partial charge in [-0.3, -0.25) is 4.79 Å². The second-order valence-electron chi connectivity index (χ2n) is 5.88. The van der Waals surface area contributed by atoms with Gasteiger partial charge in [-0.25, -0.2) is 0 Å². The summed E-state index contributed by atoms with van der Waals surface area (Å²) in [4.78, 5) is 12.4. The van der Waals surface area contributed by atoms with Crippen LogP contribution in [-0.2, 0) is 35.6 Å². The van der Waals surface area contributed by atoms with Crippen LogP contribution in [0.2, 0.25) is 0 Å². The van der Waals surface area contributed by atoms with Crippen LogP contribution < -0.4 is 10.6 Å². The molecule has 2 aromatic rings. The number of amides is 1. The molecular formula is C19H22N2O2. The van der Waals surface area contributed by atoms with Crippen LogP contribution in [0.25, 0.3) is 0 Å². The molecule has 0 radical (unpaired) electrons. The lowest BCUT2D eigenvalue weighted by atomic mass is 9.95. The van der Waals surface area contributed by atoms with E-state index in [1.165, 1.54) is 11.1 Å². The maximum atomic E-state index is 12.4. The Morgan fingerprint density at radius 2 is 1.96 bits per heavy atom. The number of carbonyl (C=O) groups is 1. The lowest BCUT2D eigenvalue weighted by molar-refractivity contribution is -0.123. The number of ether oxygens (including phenoxy) is 1. The van der Waals surface area contributed by atoms with E-state index in [1.807, 2.05) is 30.3 Å². The lowest BCUT2D eigenvalue weighted by Crippen LogP contribution is -2.47. The fraction of sp³-hybridized carbons (Fsp3) is 0.316. The molecule has 1 atom stereocenters. The zero-order valence-corrected chi connectivity index (χ0v) is 13.3. The molecule has 2 aromatic carbocycles. The number of methoxy groups -OCH3 is 1. The molecule has 0 aliphatic carbocycles. The molecule has 0 spiro atoms. The average Bonchev–Trinajstić information content (AvgIpc) is 2.60. The normalized spacial score (nSPS) is 16.7. The topological polar surface area (TPSA) is 50.4 Å². The summed E-state index contributed by atoms with van der Waals surface area (Å²) in [5.74, 6) is 0.0525. The Morgan fingerprint density at radius 3 is 2.78 bits per heavy atom. The molecule has 2 N–H and O–H groups in total. The highest BCUT2D eigenvalue weighted by Gasteiger charge is 2.23. The number of hydrogen-bond donors (Lipinski definition) is 2. The van der Waals surface area contributed by atoms with E-state index in [1.54, 1.807) is 7.11 Å². The van der Waals surface area contributed by atoms with Gasteiger partial charge < -0.3 is 15.4 Å². The Morgan fingerprint density at radius 1 is 1.17 bits per heavy atom. The third-order valence-electron chi connectivity index (χ3n) is 4.17. The van der Waals surface area contributed by atoms with Gasteiger partial charge in [-0.15, -0.1) is 0 Å². The first-order valence-corrected chi connectivity index (χ1v) is 7.91. The molecule has 1 aliphatic rings. The van der Waals surface area contributed by atoms with Crippen LogP contribution in [0.5, 0.6) is 0 Å². The Labute approximate surface area is 136 Å². The fourth-order valence-corrected chi connectivity index (χ4v) is 2.95. The Hall–Kier alpha value is -2.17. The summed E-state index contributed by atoms with van der Waals surface area (Å²) in [6, 6.07) is 16.2. The number of hydrogen-bond acceptors (Lipinski definition) is 3. The van der Waals surface area contributed by atoms with Crippen LogP contribution in [-0.4, -0.2) is 19.1 Å². The van der Waals surface area contributed by atoms with Gasteiger partial charge in [-0.2, -0.15) is 0 Å². The van der Waals surface area contributed by atoms with Crippen molar-refractivity contribution in [2.75, 3.05) is 7.11 Å². The summed E-state index contributed by atoms with van der Waals surface area (Å²) < 4.78 is 5.14. The van der Waals surface area contributed by atoms with Gasteiger partial charge >= 0.3 is 0 Å². The van der Waals surface area contributed by atoms with Crippen molar-refractivity contribution < 1.29 is 9.53 Å². The van der Waals surface area contributed by atoms with Crippen LogP contribution in [0.4, 0.5) is 0 Å². The van der Waals surface area contributed by atoms with E-state index in [2.05, 4.69) is 28.8 Å². The Kier molecular flexibility index (Phi) is 5.05. The van der Waals surface area contributed by atoms with E-state index in [9.17, 15) is 4.79 Å². The third-order valence-corrected chi connectivity index (χ3v) is 4.17. The fourth-order valence-electron chi connectivity index (χ4n) is 2.95. The molecule has 0 aromatic heterocycles. The standard InChI is InChI=1S/C19H22N2O2/c1-23-13-15-6-4-5-14(9-15)11-21-19(22)18-10-16-7-2-3-8-17(16)12-20-18/h2-9,18,20H,10-13H2,1H3,(H,21,22). The maximum Gasteiger partial charge on any atom is 0.237 e. The predicted molar refractivity (Wildman–Crippen MR) is 89.8 cm³/mol. The molecule has 0 bridgehead atoms. The summed E-state index contributed by atoms with van der Waals surface area (Å²) in [6.07, 6.45) is 0.742. The highest BCUT2D eigenvalue weighted by Crippen LogP contribution is 2.16. The van der Waals surface area contributed by atoms with Crippen molar-refractivity contribution in [1.82, 2.24) is 10.6 Å². The number of carbonyl (C=O) groups excluding carboxylic acids is 1. The summed E-state index contributed by atoms with van der Waals surface area (Å²) in [7, 11) is 1.68. The first kappa shape index (κ1) is 15.7. The largest absolute Gasteiger partial charge is 0.380 e. The van der Waals surface area contributed by atoms with E-state index in [0.717, 1.165) is 24.1 Å². The summed E-state index contributed by atoms with van der Waals surface area (Å²) in [5, 5.41) is 6.34. The number of fused-ring (bicyclic) bond motifs is 1. The summed E-state index contributed by atoms with van der Waals surface area (Å²) in [6.45, 7) is 1.87. The molecule has 0 fully saturated rings. The molecule has 4 heteroatoms. The maximum absolute atomic E-state index is 12.4. The molecule has 23 heavy (non-hydrogen) atoms. The third kappa shape index (κ3) is 3.97. The number of nitrogens with one attached hydrogen (secondary N) is 2. The van der Waals surface area contributed by atoms with Crippen LogP contribution in [0.3, 0.4) is 0 Å². The van der Waals surface area contributed by atoms with Gasteiger partial charge in [-0.1, -0.05) is 48.5 Å². The molecule has 1 amide bonds. The van der Waals surface area contributed by atoms with Gasteiger partial charge in [0.05, 0.1) is 12.6 Å². The van der Waals surface area contributed by atoms with Gasteiger partial charge in [0.1, 0.15) is 0 Å². The molecule has 120 valence electrons. The minimum absolute atomic E-state index is 0.0525. The SMILES string of the molecule is COCc1cccc(CNC(=O)C2Cc3ccccc3CN2)c1. The predicted octanol–water partition coefficient (Wildman–Crippen LogP) is 2.16. The van der Waals surface area contributed by atoms with E-state index >= 15 is 0 Å². The van der Waals surface area contributed by atoms with Crippen LogP contribution in [0, 0.1) is 0 Å². The van der Waals surface area contributed by atoms with E-state index in [-0.39, 0.29) is 11.9 Å². The van der Waals surface area contributed by atoms with Crippen molar-refractivity contribution >= 4 is 5.91 Å². The summed E-state index contributed by atoms with van der Waals surface area (Å²) in [5.41, 5.74) is 4.74. The average molecular weight is 310 g/mol. The zero-order chi connectivity index (χ0) is 16.1. The number of benzene rings is 2. The monoisotopic (exact) mass is 310 g/mol. The van der Waals surface area contributed by atoms with Gasteiger partial charge in [0.2, 0.25) is 5.91 Å². The molecule has 0 saturated carbocycles. The van der Waals surface area contributed by atoms with E-state index in [0.29, 0.717) is 13.2 Å². The molecule has 3 rings (SSSR count). The van der Waals surface area contributed by atoms with E-state index in [4.69, 9.17) is 4.74 Å². The van der Waals surface area contributed by atoms with Crippen molar-refractivity contribution in [2.45, 2.75) is 32.2 Å². The van der Waals surface area contributed by atoms with Crippen LogP contribution >= 0.6 is 0 Å². The van der Waals surface area contributed by atoms with Gasteiger partial charge in [0, 0.05) is 20.2 Å². The van der Waals surface area contributed by atoms with Crippen LogP contribution in [0.15, 0.2) is 48.5 Å². The highest BCUT2D eigenvalue weighted by atomic mass is 16.5. The second-order valence-corrected chi connectivity index (χ2v) is 5.88. The highest BCUT2D eigenvalue weighted by molar-refractivity contribution is 5.82. The van der Waals surface area contributed by atoms with Crippen molar-refractivity contribution in [3.05, 3.63) is 70.8 Å². The smallest absolute Gasteiger partial charge is 0.237 e. The number of rotatable bonds is 5. The minimum atomic E-state index is -0.160. The zero-order valence-electron chi connectivity index (χ0n) is 13.3. The molecule has 1 aliphatic heterocycles. The molecule has 4 nitrogen and oxygen atoms in total. The van der Waals surface area contributed by atoms with Crippen molar-refractivity contribution in [2.24, 2.45) is 0 Å². The van der Waals surface area contributed by atoms with Gasteiger partial charge in [0.25, 0.3) is 0 Å².